The Labute approximate surface area is 465 Å². The smallest absolute Gasteiger partial charge is 0.252 e. The monoisotopic (exact) mass is 1020 g/mol. The van der Waals surface area contributed by atoms with Gasteiger partial charge in [0.25, 0.3) is 6.71 Å². The van der Waals surface area contributed by atoms with Gasteiger partial charge in [-0.25, -0.2) is 15.0 Å². The minimum atomic E-state index is -0.118. The molecule has 0 spiro atoms. The van der Waals surface area contributed by atoms with E-state index in [4.69, 9.17) is 9.97 Å². The van der Waals surface area contributed by atoms with Gasteiger partial charge in [0.2, 0.25) is 0 Å². The minimum absolute atomic E-state index is 0.0330. The molecule has 2 aliphatic rings. The van der Waals surface area contributed by atoms with E-state index >= 15 is 0 Å². The molecule has 9 aromatic carbocycles. The molecule has 0 N–H and O–H groups in total. The summed E-state index contributed by atoms with van der Waals surface area (Å²) in [4.78, 5) is 13.9. The van der Waals surface area contributed by atoms with Gasteiger partial charge in [0.05, 0.1) is 11.0 Å². The van der Waals surface area contributed by atoms with Gasteiger partial charge < -0.3 is 9.13 Å². The lowest BCUT2D eigenvalue weighted by Gasteiger charge is -2.34. The third kappa shape index (κ3) is 7.84. The third-order valence-corrected chi connectivity index (χ3v) is 17.4. The van der Waals surface area contributed by atoms with E-state index in [1.807, 2.05) is 0 Å². The van der Waals surface area contributed by atoms with Crippen molar-refractivity contribution in [3.05, 3.63) is 205 Å². The van der Waals surface area contributed by atoms with E-state index < -0.39 is 0 Å². The predicted octanol–water partition coefficient (Wildman–Crippen LogP) is 16.7. The van der Waals surface area contributed by atoms with Gasteiger partial charge in [0, 0.05) is 49.5 Å². The van der Waals surface area contributed by atoms with Crippen LogP contribution in [0.5, 0.6) is 0 Å². The van der Waals surface area contributed by atoms with Gasteiger partial charge in [-0.3, -0.25) is 0 Å². The van der Waals surface area contributed by atoms with Crippen LogP contribution in [-0.4, -0.2) is 30.8 Å². The Morgan fingerprint density at radius 1 is 0.316 bits per heavy atom. The van der Waals surface area contributed by atoms with Crippen LogP contribution in [0.1, 0.15) is 105 Å². The average molecular weight is 1020 g/mol. The largest absolute Gasteiger partial charge is 0.310 e. The summed E-state index contributed by atoms with van der Waals surface area (Å²) in [7, 11) is 0. The lowest BCUT2D eigenvalue weighted by atomic mass is 9.34. The summed E-state index contributed by atoms with van der Waals surface area (Å²) in [6.45, 7) is 27.3. The summed E-state index contributed by atoms with van der Waals surface area (Å²) in [5.74, 6) is 0.646. The summed E-state index contributed by atoms with van der Waals surface area (Å²) in [6, 6.07) is 66.0. The normalized spacial score (nSPS) is 13.3. The molecule has 6 heteroatoms. The van der Waals surface area contributed by atoms with Crippen molar-refractivity contribution in [2.45, 2.75) is 105 Å². The summed E-state index contributed by atoms with van der Waals surface area (Å²) in [5.41, 5.74) is 27.1. The first-order valence-electron chi connectivity index (χ1n) is 28.2. The predicted molar refractivity (Wildman–Crippen MR) is 335 cm³/mol. The molecule has 5 nitrogen and oxygen atoms in total. The van der Waals surface area contributed by atoms with Crippen LogP contribution >= 0.6 is 0 Å². The summed E-state index contributed by atoms with van der Waals surface area (Å²) in [5, 5.41) is 4.94. The Hall–Kier alpha value is -8.35. The van der Waals surface area contributed by atoms with Gasteiger partial charge in [0.15, 0.2) is 5.82 Å². The highest BCUT2D eigenvalue weighted by molar-refractivity contribution is 7.00. The molecule has 0 amide bonds. The second kappa shape index (κ2) is 17.1. The Morgan fingerprint density at radius 2 is 0.633 bits per heavy atom. The minimum Gasteiger partial charge on any atom is -0.310 e. The fourth-order valence-electron chi connectivity index (χ4n) is 12.9. The maximum Gasteiger partial charge on any atom is 0.252 e. The standard InChI is InChI=1S/C73H66BN5/c1-70(2,3)52-23-13-43(14-24-52)47-21-31-62-56(33-47)58-35-49(45-17-27-54(28-18-45)72(7,8)9)37-60-67(58)78(62)64-39-51(69-76-41-75-42-77-69)40-65-66(64)74(60)61-38-50(46-19-29-55(30-20-46)73(10,11)12)36-59-57-34-48(22-32-63(57)79(65)68(59)61)44-15-25-53(26-16-44)71(4,5)6/h13-42H,1-12H3. The van der Waals surface area contributed by atoms with E-state index in [0.717, 1.165) is 16.9 Å². The highest BCUT2D eigenvalue weighted by Gasteiger charge is 2.42. The number of hydrogen-bond acceptors (Lipinski definition) is 3. The van der Waals surface area contributed by atoms with Gasteiger partial charge in [-0.15, -0.1) is 0 Å². The Balaban J connectivity index is 1.10. The van der Waals surface area contributed by atoms with Crippen molar-refractivity contribution in [3.8, 4) is 67.3 Å². The van der Waals surface area contributed by atoms with E-state index in [2.05, 4.69) is 267 Å². The Kier molecular flexibility index (Phi) is 10.6. The second-order valence-corrected chi connectivity index (χ2v) is 26.7. The number of nitrogens with zero attached hydrogens (tertiary/aromatic N) is 5. The van der Waals surface area contributed by atoms with Crippen molar-refractivity contribution in [3.63, 3.8) is 0 Å². The van der Waals surface area contributed by atoms with Crippen LogP contribution < -0.4 is 16.4 Å². The number of hydrogen-bond donors (Lipinski definition) is 0. The molecule has 0 fully saturated rings. The zero-order chi connectivity index (χ0) is 54.7. The van der Waals surface area contributed by atoms with Gasteiger partial charge in [-0.1, -0.05) is 204 Å². The molecular formula is C73H66BN5. The molecule has 12 aromatic rings. The van der Waals surface area contributed by atoms with Gasteiger partial charge >= 0.3 is 0 Å². The fraction of sp³-hybridized carbons (Fsp3) is 0.219. The van der Waals surface area contributed by atoms with Crippen molar-refractivity contribution < 1.29 is 0 Å². The molecule has 2 aliphatic heterocycles. The molecule has 0 atom stereocenters. The average Bonchev–Trinajstić information content (AvgIpc) is 4.02. The summed E-state index contributed by atoms with van der Waals surface area (Å²) >= 11 is 0. The van der Waals surface area contributed by atoms with Crippen LogP contribution in [0.25, 0.3) is 111 Å². The van der Waals surface area contributed by atoms with Crippen molar-refractivity contribution in [1.82, 2.24) is 24.1 Å². The van der Waals surface area contributed by atoms with Crippen LogP contribution in [0.2, 0.25) is 0 Å². The van der Waals surface area contributed by atoms with Crippen LogP contribution in [0.15, 0.2) is 183 Å². The molecule has 79 heavy (non-hydrogen) atoms. The number of rotatable bonds is 5. The first kappa shape index (κ1) is 49.0. The SMILES string of the molecule is CC(C)(C)c1ccc(-c2ccc3c(c2)c2cc(-c4ccc(C(C)(C)C)cc4)cc4c2n3-c2cc(-c3ncncn3)cc3c2B4c2cc(-c4ccc(C(C)(C)C)cc4)cc4c5cc(-c6ccc(C(C)(C)C)cc6)ccc5n-3c24)cc1. The molecule has 0 saturated heterocycles. The molecule has 0 bridgehead atoms. The van der Waals surface area contributed by atoms with E-state index in [0.29, 0.717) is 5.82 Å². The van der Waals surface area contributed by atoms with Crippen molar-refractivity contribution in [2.75, 3.05) is 0 Å². The second-order valence-electron chi connectivity index (χ2n) is 26.7. The zero-order valence-electron chi connectivity index (χ0n) is 47.6. The molecule has 3 aromatic heterocycles. The van der Waals surface area contributed by atoms with Crippen molar-refractivity contribution in [2.24, 2.45) is 0 Å². The lowest BCUT2D eigenvalue weighted by Crippen LogP contribution is -2.59. The number of aromatic nitrogens is 5. The van der Waals surface area contributed by atoms with Crippen LogP contribution in [0.3, 0.4) is 0 Å². The summed E-state index contributed by atoms with van der Waals surface area (Å²) in [6.07, 6.45) is 3.23. The molecule has 0 saturated carbocycles. The maximum atomic E-state index is 4.82. The van der Waals surface area contributed by atoms with Crippen LogP contribution in [0.4, 0.5) is 0 Å². The van der Waals surface area contributed by atoms with Crippen LogP contribution in [-0.2, 0) is 21.7 Å². The Morgan fingerprint density at radius 3 is 0.975 bits per heavy atom. The van der Waals surface area contributed by atoms with Gasteiger partial charge in [-0.05, 0) is 153 Å². The summed E-state index contributed by atoms with van der Waals surface area (Å²) < 4.78 is 5.14. The van der Waals surface area contributed by atoms with Crippen molar-refractivity contribution in [1.29, 1.82) is 0 Å². The first-order chi connectivity index (χ1) is 37.7. The number of benzene rings is 9. The van der Waals surface area contributed by atoms with Crippen molar-refractivity contribution >= 4 is 66.7 Å². The van der Waals surface area contributed by atoms with Gasteiger partial charge in [-0.2, -0.15) is 0 Å². The van der Waals surface area contributed by atoms with Crippen LogP contribution in [0, 0.1) is 0 Å². The molecule has 5 heterocycles. The molecule has 0 radical (unpaired) electrons. The van der Waals surface area contributed by atoms with E-state index in [1.165, 1.54) is 127 Å². The maximum absolute atomic E-state index is 4.82. The highest BCUT2D eigenvalue weighted by atomic mass is 15.0. The molecular weight excluding hydrogens is 958 g/mol. The number of fused-ring (bicyclic) bond motifs is 10. The third-order valence-electron chi connectivity index (χ3n) is 17.4. The fourth-order valence-corrected chi connectivity index (χ4v) is 12.9. The van der Waals surface area contributed by atoms with E-state index in [-0.39, 0.29) is 28.4 Å². The Bertz CT molecular complexity index is 4190. The zero-order valence-corrected chi connectivity index (χ0v) is 47.6. The molecule has 0 unspecified atom stereocenters. The topological polar surface area (TPSA) is 48.5 Å². The van der Waals surface area contributed by atoms with E-state index in [9.17, 15) is 0 Å². The molecule has 14 rings (SSSR count). The molecule has 386 valence electrons. The van der Waals surface area contributed by atoms with E-state index in [1.54, 1.807) is 12.7 Å². The van der Waals surface area contributed by atoms with Gasteiger partial charge in [0.1, 0.15) is 12.7 Å². The highest BCUT2D eigenvalue weighted by Crippen LogP contribution is 2.45. The lowest BCUT2D eigenvalue weighted by molar-refractivity contribution is 0.590. The quantitative estimate of drug-likeness (QED) is 0.161. The molecule has 0 aliphatic carbocycles. The first-order valence-corrected chi connectivity index (χ1v) is 28.2.